The van der Waals surface area contributed by atoms with Crippen molar-refractivity contribution in [2.75, 3.05) is 11.9 Å². The van der Waals surface area contributed by atoms with Crippen molar-refractivity contribution < 1.29 is 4.39 Å². The molecule has 0 unspecified atom stereocenters. The van der Waals surface area contributed by atoms with Gasteiger partial charge in [0, 0.05) is 12.0 Å². The molecule has 0 atom stereocenters. The van der Waals surface area contributed by atoms with Crippen LogP contribution >= 0.6 is 11.3 Å². The van der Waals surface area contributed by atoms with E-state index in [9.17, 15) is 4.39 Å². The summed E-state index contributed by atoms with van der Waals surface area (Å²) in [5, 5.41) is 13.3. The molecule has 0 bridgehead atoms. The third-order valence-corrected chi connectivity index (χ3v) is 5.84. The number of thiazole rings is 1. The molecule has 1 heterocycles. The van der Waals surface area contributed by atoms with E-state index in [1.165, 1.54) is 24.1 Å². The van der Waals surface area contributed by atoms with Crippen molar-refractivity contribution in [3.63, 3.8) is 0 Å². The van der Waals surface area contributed by atoms with Crippen LogP contribution in [0.3, 0.4) is 0 Å². The summed E-state index contributed by atoms with van der Waals surface area (Å²) in [4.78, 5) is 4.60. The van der Waals surface area contributed by atoms with Gasteiger partial charge in [-0.05, 0) is 48.7 Å². The van der Waals surface area contributed by atoms with Crippen LogP contribution in [0.5, 0.6) is 0 Å². The summed E-state index contributed by atoms with van der Waals surface area (Å²) in [7, 11) is 0. The van der Waals surface area contributed by atoms with Crippen LogP contribution in [0.1, 0.15) is 30.4 Å². The minimum absolute atomic E-state index is 0.0728. The van der Waals surface area contributed by atoms with Crippen LogP contribution < -0.4 is 5.32 Å². The van der Waals surface area contributed by atoms with Gasteiger partial charge in [0.2, 0.25) is 0 Å². The Kier molecular flexibility index (Phi) is 3.70. The van der Waals surface area contributed by atoms with Gasteiger partial charge in [0.25, 0.3) is 0 Å². The third kappa shape index (κ3) is 2.63. The van der Waals surface area contributed by atoms with Gasteiger partial charge >= 0.3 is 0 Å². The van der Waals surface area contributed by atoms with Crippen molar-refractivity contribution in [3.8, 4) is 6.07 Å². The molecular formula is C19H16FN3S. The van der Waals surface area contributed by atoms with Crippen LogP contribution in [0.2, 0.25) is 0 Å². The average molecular weight is 337 g/mol. The van der Waals surface area contributed by atoms with Gasteiger partial charge in [-0.3, -0.25) is 0 Å². The molecule has 2 aromatic carbocycles. The Balaban J connectivity index is 1.55. The zero-order chi connectivity index (χ0) is 16.6. The van der Waals surface area contributed by atoms with Gasteiger partial charge in [0.15, 0.2) is 5.13 Å². The monoisotopic (exact) mass is 337 g/mol. The maximum absolute atomic E-state index is 13.2. The van der Waals surface area contributed by atoms with Gasteiger partial charge in [-0.1, -0.05) is 29.9 Å². The molecule has 0 amide bonds. The molecule has 24 heavy (non-hydrogen) atoms. The highest BCUT2D eigenvalue weighted by Crippen LogP contribution is 2.44. The van der Waals surface area contributed by atoms with Crippen molar-refractivity contribution in [2.45, 2.75) is 24.7 Å². The summed E-state index contributed by atoms with van der Waals surface area (Å²) in [5.74, 6) is -0.194. The highest BCUT2D eigenvalue weighted by Gasteiger charge is 2.38. The van der Waals surface area contributed by atoms with E-state index in [0.717, 1.165) is 34.7 Å². The highest BCUT2D eigenvalue weighted by atomic mass is 32.1. The van der Waals surface area contributed by atoms with Gasteiger partial charge in [0.1, 0.15) is 5.82 Å². The first-order chi connectivity index (χ1) is 11.7. The lowest BCUT2D eigenvalue weighted by Crippen LogP contribution is -2.40. The Hall–Kier alpha value is -2.45. The molecule has 0 aliphatic heterocycles. The summed E-state index contributed by atoms with van der Waals surface area (Å²) < 4.78 is 14.2. The summed E-state index contributed by atoms with van der Waals surface area (Å²) in [6.07, 6.45) is 3.41. The number of hydrogen-bond donors (Lipinski definition) is 1. The quantitative estimate of drug-likeness (QED) is 0.741. The molecule has 3 aromatic rings. The molecule has 1 aromatic heterocycles. The number of benzene rings is 2. The summed E-state index contributed by atoms with van der Waals surface area (Å²) in [6, 6.07) is 14.6. The fraction of sp³-hybridized carbons (Fsp3) is 0.263. The lowest BCUT2D eigenvalue weighted by Gasteiger charge is -2.42. The number of anilines is 1. The fourth-order valence-corrected chi connectivity index (χ4v) is 4.19. The number of hydrogen-bond acceptors (Lipinski definition) is 4. The summed E-state index contributed by atoms with van der Waals surface area (Å²) >= 11 is 1.57. The minimum atomic E-state index is -0.194. The molecule has 1 aliphatic carbocycles. The zero-order valence-electron chi connectivity index (χ0n) is 13.1. The molecule has 1 N–H and O–H groups in total. The highest BCUT2D eigenvalue weighted by molar-refractivity contribution is 7.22. The lowest BCUT2D eigenvalue weighted by molar-refractivity contribution is 0.260. The van der Waals surface area contributed by atoms with E-state index >= 15 is 0 Å². The van der Waals surface area contributed by atoms with Gasteiger partial charge in [-0.15, -0.1) is 0 Å². The number of aromatic nitrogens is 1. The standard InChI is InChI=1S/C19H16FN3S/c20-15-5-3-14(4-6-15)19(8-1-9-19)12-22-18-23-16-7-2-13(11-21)10-17(16)24-18/h2-7,10H,1,8-9,12H2,(H,22,23). The van der Waals surface area contributed by atoms with Crippen LogP contribution in [-0.4, -0.2) is 11.5 Å². The average Bonchev–Trinajstić information content (AvgIpc) is 2.97. The van der Waals surface area contributed by atoms with Crippen LogP contribution in [0.25, 0.3) is 10.2 Å². The van der Waals surface area contributed by atoms with Gasteiger partial charge in [0.05, 0.1) is 21.8 Å². The number of halogens is 1. The van der Waals surface area contributed by atoms with Crippen LogP contribution in [0.15, 0.2) is 42.5 Å². The van der Waals surface area contributed by atoms with Gasteiger partial charge in [-0.25, -0.2) is 9.37 Å². The Morgan fingerprint density at radius 1 is 1.21 bits per heavy atom. The third-order valence-electron chi connectivity index (χ3n) is 4.86. The van der Waals surface area contributed by atoms with Crippen molar-refractivity contribution >= 4 is 26.7 Å². The molecule has 0 spiro atoms. The Bertz CT molecular complexity index is 920. The van der Waals surface area contributed by atoms with Gasteiger partial charge < -0.3 is 5.32 Å². The maximum Gasteiger partial charge on any atom is 0.183 e. The number of rotatable bonds is 4. The van der Waals surface area contributed by atoms with Crippen molar-refractivity contribution in [1.82, 2.24) is 4.98 Å². The molecular weight excluding hydrogens is 321 g/mol. The van der Waals surface area contributed by atoms with E-state index in [-0.39, 0.29) is 11.2 Å². The van der Waals surface area contributed by atoms with E-state index in [1.54, 1.807) is 17.4 Å². The second-order valence-electron chi connectivity index (χ2n) is 6.31. The lowest BCUT2D eigenvalue weighted by atomic mass is 9.64. The summed E-state index contributed by atoms with van der Waals surface area (Å²) in [6.45, 7) is 0.795. The second-order valence-corrected chi connectivity index (χ2v) is 7.34. The van der Waals surface area contributed by atoms with E-state index in [1.807, 2.05) is 24.3 Å². The predicted molar refractivity (Wildman–Crippen MR) is 94.8 cm³/mol. The van der Waals surface area contributed by atoms with E-state index in [0.29, 0.717) is 5.56 Å². The molecule has 1 saturated carbocycles. The first kappa shape index (κ1) is 15.1. The molecule has 4 rings (SSSR count). The Morgan fingerprint density at radius 3 is 2.67 bits per heavy atom. The first-order valence-electron chi connectivity index (χ1n) is 7.99. The molecule has 0 saturated heterocycles. The fourth-order valence-electron chi connectivity index (χ4n) is 3.29. The van der Waals surface area contributed by atoms with Crippen molar-refractivity contribution in [1.29, 1.82) is 5.26 Å². The Morgan fingerprint density at radius 2 is 2.00 bits per heavy atom. The van der Waals surface area contributed by atoms with E-state index < -0.39 is 0 Å². The van der Waals surface area contributed by atoms with Gasteiger partial charge in [-0.2, -0.15) is 5.26 Å². The van der Waals surface area contributed by atoms with Crippen LogP contribution in [-0.2, 0) is 5.41 Å². The van der Waals surface area contributed by atoms with E-state index in [2.05, 4.69) is 16.4 Å². The van der Waals surface area contributed by atoms with Crippen LogP contribution in [0, 0.1) is 17.1 Å². The zero-order valence-corrected chi connectivity index (χ0v) is 13.9. The molecule has 3 nitrogen and oxygen atoms in total. The Labute approximate surface area is 143 Å². The normalized spacial score (nSPS) is 15.7. The van der Waals surface area contributed by atoms with Crippen molar-refractivity contribution in [2.24, 2.45) is 0 Å². The molecule has 1 aliphatic rings. The SMILES string of the molecule is N#Cc1ccc2nc(NCC3(c4ccc(F)cc4)CCC3)sc2c1. The predicted octanol–water partition coefficient (Wildman–Crippen LogP) is 4.84. The minimum Gasteiger partial charge on any atom is -0.361 e. The summed E-state index contributed by atoms with van der Waals surface area (Å²) in [5.41, 5.74) is 2.82. The topological polar surface area (TPSA) is 48.7 Å². The maximum atomic E-state index is 13.2. The van der Waals surface area contributed by atoms with Crippen molar-refractivity contribution in [3.05, 3.63) is 59.4 Å². The van der Waals surface area contributed by atoms with Crippen LogP contribution in [0.4, 0.5) is 9.52 Å². The number of nitrogens with zero attached hydrogens (tertiary/aromatic N) is 2. The van der Waals surface area contributed by atoms with E-state index in [4.69, 9.17) is 5.26 Å². The first-order valence-corrected chi connectivity index (χ1v) is 8.81. The molecule has 0 radical (unpaired) electrons. The second kappa shape index (κ2) is 5.88. The molecule has 120 valence electrons. The smallest absolute Gasteiger partial charge is 0.183 e. The molecule has 1 fully saturated rings. The number of nitrogens with one attached hydrogen (secondary N) is 1. The number of fused-ring (bicyclic) bond motifs is 1. The largest absolute Gasteiger partial charge is 0.361 e. The molecule has 5 heteroatoms. The number of nitriles is 1.